The van der Waals surface area contributed by atoms with Crippen molar-refractivity contribution < 1.29 is 9.90 Å². The van der Waals surface area contributed by atoms with Crippen LogP contribution in [-0.2, 0) is 4.79 Å². The van der Waals surface area contributed by atoms with E-state index in [9.17, 15) is 9.90 Å². The molecule has 0 aromatic carbocycles. The van der Waals surface area contributed by atoms with Gasteiger partial charge >= 0.3 is 5.97 Å². The van der Waals surface area contributed by atoms with Crippen molar-refractivity contribution in [1.29, 1.82) is 0 Å². The molecule has 1 fully saturated rings. The Morgan fingerprint density at radius 1 is 1.20 bits per heavy atom. The maximum absolute atomic E-state index is 11.5. The first-order valence-corrected chi connectivity index (χ1v) is 8.07. The molecule has 0 saturated heterocycles. The molecule has 1 atom stereocenters. The number of nitrogens with zero attached hydrogens (tertiary/aromatic N) is 1. The molecule has 1 unspecified atom stereocenters. The van der Waals surface area contributed by atoms with Crippen molar-refractivity contribution in [1.82, 2.24) is 4.90 Å². The van der Waals surface area contributed by atoms with E-state index in [2.05, 4.69) is 39.5 Å². The highest BCUT2D eigenvalue weighted by molar-refractivity contribution is 5.73. The van der Waals surface area contributed by atoms with Crippen LogP contribution < -0.4 is 0 Å². The quantitative estimate of drug-likeness (QED) is 0.828. The minimum Gasteiger partial charge on any atom is -0.480 e. The summed E-state index contributed by atoms with van der Waals surface area (Å²) in [7, 11) is 2.00. The third-order valence-electron chi connectivity index (χ3n) is 4.97. The summed E-state index contributed by atoms with van der Waals surface area (Å²) in [4.78, 5) is 13.6. The van der Waals surface area contributed by atoms with Crippen molar-refractivity contribution in [3.63, 3.8) is 0 Å². The number of aliphatic carboxylic acids is 1. The van der Waals surface area contributed by atoms with Gasteiger partial charge in [-0.3, -0.25) is 9.69 Å². The lowest BCUT2D eigenvalue weighted by atomic mass is 9.71. The molecule has 1 aliphatic rings. The Labute approximate surface area is 124 Å². The molecule has 0 aromatic rings. The van der Waals surface area contributed by atoms with E-state index < -0.39 is 5.97 Å². The third kappa shape index (κ3) is 4.76. The SMILES string of the molecule is CC(C)CC(C(=O)O)N(C)C1CCC(C(C)(C)C)CC1. The first kappa shape index (κ1) is 17.5. The minimum absolute atomic E-state index is 0.328. The van der Waals surface area contributed by atoms with Crippen LogP contribution in [0.2, 0.25) is 0 Å². The first-order valence-electron chi connectivity index (χ1n) is 8.07. The Morgan fingerprint density at radius 3 is 2.05 bits per heavy atom. The Morgan fingerprint density at radius 2 is 1.70 bits per heavy atom. The molecule has 20 heavy (non-hydrogen) atoms. The van der Waals surface area contributed by atoms with Gasteiger partial charge in [-0.1, -0.05) is 34.6 Å². The number of likely N-dealkylation sites (N-methyl/N-ethyl adjacent to an activating group) is 1. The normalized spacial score (nSPS) is 26.0. The van der Waals surface area contributed by atoms with Crippen molar-refractivity contribution in [2.24, 2.45) is 17.3 Å². The Bertz CT molecular complexity index is 311. The zero-order valence-electron chi connectivity index (χ0n) is 14.1. The second-order valence-electron chi connectivity index (χ2n) is 8.02. The lowest BCUT2D eigenvalue weighted by molar-refractivity contribution is -0.144. The minimum atomic E-state index is -0.667. The number of carboxylic acid groups (broad SMARTS) is 1. The smallest absolute Gasteiger partial charge is 0.320 e. The van der Waals surface area contributed by atoms with Crippen LogP contribution >= 0.6 is 0 Å². The molecule has 1 saturated carbocycles. The average Bonchev–Trinajstić information content (AvgIpc) is 2.33. The molecule has 0 bridgehead atoms. The van der Waals surface area contributed by atoms with Crippen LogP contribution in [0, 0.1) is 17.3 Å². The van der Waals surface area contributed by atoms with Crippen LogP contribution in [0.5, 0.6) is 0 Å². The number of hydrogen-bond donors (Lipinski definition) is 1. The predicted molar refractivity (Wildman–Crippen MR) is 83.8 cm³/mol. The van der Waals surface area contributed by atoms with E-state index in [1.54, 1.807) is 0 Å². The van der Waals surface area contributed by atoms with Gasteiger partial charge in [0.1, 0.15) is 6.04 Å². The highest BCUT2D eigenvalue weighted by atomic mass is 16.4. The topological polar surface area (TPSA) is 40.5 Å². The van der Waals surface area contributed by atoms with E-state index in [1.807, 2.05) is 7.05 Å². The predicted octanol–water partition coefficient (Wildman–Crippen LogP) is 4.02. The molecular weight excluding hydrogens is 250 g/mol. The van der Waals surface area contributed by atoms with Gasteiger partial charge in [-0.15, -0.1) is 0 Å². The van der Waals surface area contributed by atoms with Crippen LogP contribution in [-0.4, -0.2) is 35.1 Å². The molecule has 0 heterocycles. The van der Waals surface area contributed by atoms with E-state index in [1.165, 1.54) is 12.8 Å². The second kappa shape index (κ2) is 6.93. The summed E-state index contributed by atoms with van der Waals surface area (Å²) >= 11 is 0. The van der Waals surface area contributed by atoms with Crippen molar-refractivity contribution in [2.45, 2.75) is 78.8 Å². The lowest BCUT2D eigenvalue weighted by Gasteiger charge is -2.41. The lowest BCUT2D eigenvalue weighted by Crippen LogP contribution is -2.47. The van der Waals surface area contributed by atoms with Crippen LogP contribution in [0.25, 0.3) is 0 Å². The molecule has 118 valence electrons. The zero-order chi connectivity index (χ0) is 15.5. The monoisotopic (exact) mass is 283 g/mol. The van der Waals surface area contributed by atoms with E-state index >= 15 is 0 Å². The fourth-order valence-electron chi connectivity index (χ4n) is 3.49. The Balaban J connectivity index is 2.60. The molecule has 0 aromatic heterocycles. The van der Waals surface area contributed by atoms with Gasteiger partial charge in [0.05, 0.1) is 0 Å². The molecule has 0 spiro atoms. The number of hydrogen-bond acceptors (Lipinski definition) is 2. The van der Waals surface area contributed by atoms with E-state index in [0.717, 1.165) is 25.2 Å². The van der Waals surface area contributed by atoms with Crippen LogP contribution in [0.3, 0.4) is 0 Å². The summed E-state index contributed by atoms with van der Waals surface area (Å²) in [5, 5.41) is 9.46. The van der Waals surface area contributed by atoms with Gasteiger partial charge in [0.2, 0.25) is 0 Å². The summed E-state index contributed by atoms with van der Waals surface area (Å²) in [6.07, 6.45) is 5.48. The number of rotatable bonds is 5. The van der Waals surface area contributed by atoms with E-state index in [-0.39, 0.29) is 6.04 Å². The summed E-state index contributed by atoms with van der Waals surface area (Å²) in [5.41, 5.74) is 0.383. The van der Waals surface area contributed by atoms with Crippen molar-refractivity contribution in [3.05, 3.63) is 0 Å². The van der Waals surface area contributed by atoms with Gasteiger partial charge < -0.3 is 5.11 Å². The van der Waals surface area contributed by atoms with E-state index in [0.29, 0.717) is 17.4 Å². The Kier molecular flexibility index (Phi) is 6.06. The summed E-state index contributed by atoms with van der Waals surface area (Å²) in [5.74, 6) is 0.532. The number of carbonyl (C=O) groups is 1. The van der Waals surface area contributed by atoms with Crippen LogP contribution in [0.15, 0.2) is 0 Å². The molecule has 1 rings (SSSR count). The fraction of sp³-hybridized carbons (Fsp3) is 0.941. The molecule has 0 amide bonds. The third-order valence-corrected chi connectivity index (χ3v) is 4.97. The van der Waals surface area contributed by atoms with Crippen molar-refractivity contribution >= 4 is 5.97 Å². The second-order valence-corrected chi connectivity index (χ2v) is 8.02. The molecule has 3 heteroatoms. The van der Waals surface area contributed by atoms with Crippen molar-refractivity contribution in [3.8, 4) is 0 Å². The first-order chi connectivity index (χ1) is 9.12. The van der Waals surface area contributed by atoms with Gasteiger partial charge in [0.25, 0.3) is 0 Å². The molecule has 1 N–H and O–H groups in total. The van der Waals surface area contributed by atoms with Gasteiger partial charge in [0, 0.05) is 6.04 Å². The summed E-state index contributed by atoms with van der Waals surface area (Å²) in [6.45, 7) is 11.2. The van der Waals surface area contributed by atoms with E-state index in [4.69, 9.17) is 0 Å². The van der Waals surface area contributed by atoms with Gasteiger partial charge in [-0.25, -0.2) is 0 Å². The maximum atomic E-state index is 11.5. The molecule has 0 radical (unpaired) electrons. The highest BCUT2D eigenvalue weighted by Crippen LogP contribution is 2.39. The van der Waals surface area contributed by atoms with Crippen LogP contribution in [0.1, 0.15) is 66.7 Å². The zero-order valence-corrected chi connectivity index (χ0v) is 14.1. The molecule has 0 aliphatic heterocycles. The van der Waals surface area contributed by atoms with Gasteiger partial charge in [-0.05, 0) is 56.4 Å². The summed E-state index contributed by atoms with van der Waals surface area (Å²) < 4.78 is 0. The largest absolute Gasteiger partial charge is 0.480 e. The number of carboxylic acids is 1. The average molecular weight is 283 g/mol. The van der Waals surface area contributed by atoms with Crippen molar-refractivity contribution in [2.75, 3.05) is 7.05 Å². The standard InChI is InChI=1S/C17H33NO2/c1-12(2)11-15(16(19)20)18(6)14-9-7-13(8-10-14)17(3,4)5/h12-15H,7-11H2,1-6H3,(H,19,20). The molecule has 3 nitrogen and oxygen atoms in total. The fourth-order valence-corrected chi connectivity index (χ4v) is 3.49. The highest BCUT2D eigenvalue weighted by Gasteiger charge is 2.34. The van der Waals surface area contributed by atoms with Gasteiger partial charge in [-0.2, -0.15) is 0 Å². The maximum Gasteiger partial charge on any atom is 0.320 e. The molecule has 1 aliphatic carbocycles. The van der Waals surface area contributed by atoms with Crippen LogP contribution in [0.4, 0.5) is 0 Å². The molecular formula is C17H33NO2. The summed E-state index contributed by atoms with van der Waals surface area (Å²) in [6, 6.07) is 0.111. The Hall–Kier alpha value is -0.570. The van der Waals surface area contributed by atoms with Gasteiger partial charge in [0.15, 0.2) is 0 Å².